The van der Waals surface area contributed by atoms with Crippen molar-refractivity contribution in [3.8, 4) is 0 Å². The molecule has 0 aliphatic carbocycles. The summed E-state index contributed by atoms with van der Waals surface area (Å²) in [6.45, 7) is 4.89. The Morgan fingerprint density at radius 3 is 1.08 bits per heavy atom. The first-order chi connectivity index (χ1) is 36.1. The highest BCUT2D eigenvalue weighted by Gasteiger charge is 2.25. The lowest BCUT2D eigenvalue weighted by Crippen LogP contribution is -2.40. The summed E-state index contributed by atoms with van der Waals surface area (Å²) in [5, 5.41) is 9.70. The maximum absolute atomic E-state index is 12.8. The van der Waals surface area contributed by atoms with Crippen molar-refractivity contribution in [2.75, 3.05) is 47.5 Å². The Labute approximate surface area is 458 Å². The number of nitrogens with zero attached hydrogens (tertiary/aromatic N) is 1. The van der Waals surface area contributed by atoms with Gasteiger partial charge in [0.15, 0.2) is 6.10 Å². The number of likely N-dealkylation sites (N-methyl/N-ethyl adjacent to an activating group) is 1. The minimum absolute atomic E-state index is 0.183. The number of carboxylic acids is 1. The second kappa shape index (κ2) is 57.0. The first-order valence-corrected chi connectivity index (χ1v) is 32.0. The largest absolute Gasteiger partial charge is 0.477 e. The van der Waals surface area contributed by atoms with E-state index in [1.54, 1.807) is 0 Å². The third kappa shape index (κ3) is 57.5. The fourth-order valence-electron chi connectivity index (χ4n) is 9.52. The van der Waals surface area contributed by atoms with Gasteiger partial charge in [0.1, 0.15) is 13.2 Å². The molecule has 0 amide bonds. The van der Waals surface area contributed by atoms with E-state index in [-0.39, 0.29) is 32.2 Å². The maximum Gasteiger partial charge on any atom is 0.361 e. The molecule has 0 saturated heterocycles. The van der Waals surface area contributed by atoms with E-state index in [1.807, 2.05) is 21.1 Å². The second-order valence-corrected chi connectivity index (χ2v) is 23.1. The molecule has 0 aromatic rings. The average molecular weight is 1050 g/mol. The van der Waals surface area contributed by atoms with E-state index in [4.69, 9.17) is 18.9 Å². The molecule has 2 unspecified atom stereocenters. The predicted molar refractivity (Wildman–Crippen MR) is 314 cm³/mol. The number of hydrogen-bond donors (Lipinski definition) is 1. The Kier molecular flexibility index (Phi) is 55.2. The van der Waals surface area contributed by atoms with Crippen LogP contribution in [-0.2, 0) is 33.3 Å². The molecule has 0 aliphatic rings. The molecule has 0 radical (unpaired) electrons. The van der Waals surface area contributed by atoms with Crippen LogP contribution in [0.25, 0.3) is 0 Å². The van der Waals surface area contributed by atoms with Crippen LogP contribution in [0.15, 0.2) is 24.3 Å². The highest BCUT2D eigenvalue weighted by Crippen LogP contribution is 2.18. The minimum atomic E-state index is -1.51. The Hall–Kier alpha value is -2.23. The summed E-state index contributed by atoms with van der Waals surface area (Å²) < 4.78 is 22.9. The lowest BCUT2D eigenvalue weighted by molar-refractivity contribution is -0.870. The number of ether oxygens (including phenoxy) is 4. The number of aliphatic carboxylic acids is 1. The SMILES string of the molecule is CCCCCC/C=C\C/C=C\CCCCCCCC(=O)OC(COC(=O)CCCCCCCCCCCCCCCCCCCCCCCCCCCCCCCCCCC)COC(OCC[N+](C)(C)C)C(=O)O. The summed E-state index contributed by atoms with van der Waals surface area (Å²) >= 11 is 0. The lowest BCUT2D eigenvalue weighted by atomic mass is 10.0. The fraction of sp³-hybridized carbons (Fsp3) is 0.892. The van der Waals surface area contributed by atoms with Crippen LogP contribution < -0.4 is 0 Å². The number of esters is 2. The molecule has 0 saturated carbocycles. The standard InChI is InChI=1S/C65H123NO8/c1-6-8-10-12-14-16-18-20-22-24-25-26-27-28-29-30-31-32-33-34-35-36-37-38-39-40-42-43-45-47-49-51-53-55-62(67)72-59-61(60-73-65(64(69)70)71-58-57-66(3,4)5)74-63(68)56-54-52-50-48-46-44-41-23-21-19-17-15-13-11-9-7-2/h17,19,23,41,61,65H,6-16,18,20-22,24-40,42-60H2,1-5H3/p+1/b19-17-,41-23-. The van der Waals surface area contributed by atoms with Gasteiger partial charge in [-0.15, -0.1) is 0 Å². The van der Waals surface area contributed by atoms with E-state index in [2.05, 4.69) is 38.2 Å². The number of quaternary nitrogens is 1. The Morgan fingerprint density at radius 2 is 0.730 bits per heavy atom. The third-order valence-corrected chi connectivity index (χ3v) is 14.5. The molecule has 0 spiro atoms. The van der Waals surface area contributed by atoms with Crippen molar-refractivity contribution in [1.82, 2.24) is 0 Å². The van der Waals surface area contributed by atoms with Gasteiger partial charge in [-0.05, 0) is 44.9 Å². The second-order valence-electron chi connectivity index (χ2n) is 23.1. The number of carbonyl (C=O) groups excluding carboxylic acids is 2. The van der Waals surface area contributed by atoms with Crippen LogP contribution in [0.4, 0.5) is 0 Å². The molecular formula is C65H124NO8+. The summed E-state index contributed by atoms with van der Waals surface area (Å²) in [4.78, 5) is 37.4. The van der Waals surface area contributed by atoms with E-state index in [0.29, 0.717) is 23.9 Å². The highest BCUT2D eigenvalue weighted by molar-refractivity contribution is 5.71. The van der Waals surface area contributed by atoms with Crippen LogP contribution in [-0.4, -0.2) is 87.4 Å². The van der Waals surface area contributed by atoms with E-state index in [1.165, 1.54) is 225 Å². The van der Waals surface area contributed by atoms with Crippen LogP contribution in [0.3, 0.4) is 0 Å². The van der Waals surface area contributed by atoms with Gasteiger partial charge in [-0.3, -0.25) is 9.59 Å². The Bertz CT molecular complexity index is 1260. The molecule has 0 bridgehead atoms. The molecule has 1 N–H and O–H groups in total. The Morgan fingerprint density at radius 1 is 0.405 bits per heavy atom. The number of rotatable bonds is 60. The van der Waals surface area contributed by atoms with Crippen LogP contribution >= 0.6 is 0 Å². The zero-order chi connectivity index (χ0) is 54.1. The van der Waals surface area contributed by atoms with Crippen molar-refractivity contribution < 1.29 is 42.9 Å². The van der Waals surface area contributed by atoms with Gasteiger partial charge in [-0.1, -0.05) is 282 Å². The minimum Gasteiger partial charge on any atom is -0.477 e. The normalized spacial score (nSPS) is 12.8. The molecule has 0 rings (SSSR count). The summed E-state index contributed by atoms with van der Waals surface area (Å²) in [5.41, 5.74) is 0. The van der Waals surface area contributed by atoms with Gasteiger partial charge in [0.05, 0.1) is 34.4 Å². The van der Waals surface area contributed by atoms with Crippen LogP contribution in [0.5, 0.6) is 0 Å². The van der Waals surface area contributed by atoms with Crippen molar-refractivity contribution >= 4 is 17.9 Å². The first-order valence-electron chi connectivity index (χ1n) is 32.0. The van der Waals surface area contributed by atoms with Gasteiger partial charge >= 0.3 is 17.9 Å². The number of carboxylic acid groups (broad SMARTS) is 1. The summed E-state index contributed by atoms with van der Waals surface area (Å²) in [6.07, 6.45) is 65.8. The van der Waals surface area contributed by atoms with Crippen molar-refractivity contribution in [1.29, 1.82) is 0 Å². The molecule has 0 aliphatic heterocycles. The van der Waals surface area contributed by atoms with Gasteiger partial charge in [0.25, 0.3) is 6.29 Å². The topological polar surface area (TPSA) is 108 Å². The molecule has 0 aromatic carbocycles. The number of allylic oxidation sites excluding steroid dienone is 4. The van der Waals surface area contributed by atoms with E-state index >= 15 is 0 Å². The van der Waals surface area contributed by atoms with Crippen LogP contribution in [0, 0.1) is 0 Å². The van der Waals surface area contributed by atoms with Gasteiger partial charge in [0.2, 0.25) is 0 Å². The zero-order valence-electron chi connectivity index (χ0n) is 49.8. The van der Waals surface area contributed by atoms with Gasteiger partial charge in [0, 0.05) is 12.8 Å². The van der Waals surface area contributed by atoms with Crippen molar-refractivity contribution in [3.05, 3.63) is 24.3 Å². The van der Waals surface area contributed by atoms with Gasteiger partial charge in [-0.25, -0.2) is 4.79 Å². The highest BCUT2D eigenvalue weighted by atomic mass is 16.7. The molecule has 74 heavy (non-hydrogen) atoms. The smallest absolute Gasteiger partial charge is 0.361 e. The predicted octanol–water partition coefficient (Wildman–Crippen LogP) is 19.1. The molecule has 0 heterocycles. The van der Waals surface area contributed by atoms with Crippen molar-refractivity contribution in [3.63, 3.8) is 0 Å². The summed E-state index contributed by atoms with van der Waals surface area (Å²) in [5.74, 6) is -2.00. The molecule has 9 nitrogen and oxygen atoms in total. The zero-order valence-corrected chi connectivity index (χ0v) is 49.8. The van der Waals surface area contributed by atoms with Gasteiger partial charge < -0.3 is 28.5 Å². The fourth-order valence-corrected chi connectivity index (χ4v) is 9.52. The molecule has 0 aromatic heterocycles. The quantitative estimate of drug-likeness (QED) is 0.0211. The summed E-state index contributed by atoms with van der Waals surface area (Å²) in [6, 6.07) is 0. The lowest BCUT2D eigenvalue weighted by Gasteiger charge is -2.25. The maximum atomic E-state index is 12.8. The molecular weight excluding hydrogens is 923 g/mol. The van der Waals surface area contributed by atoms with Gasteiger partial charge in [-0.2, -0.15) is 0 Å². The van der Waals surface area contributed by atoms with E-state index in [0.717, 1.165) is 57.8 Å². The Balaban J connectivity index is 4.02. The van der Waals surface area contributed by atoms with Crippen LogP contribution in [0.1, 0.15) is 316 Å². The van der Waals surface area contributed by atoms with Crippen molar-refractivity contribution in [2.45, 2.75) is 328 Å². The number of hydrogen-bond acceptors (Lipinski definition) is 7. The molecule has 0 fully saturated rings. The number of unbranched alkanes of at least 4 members (excludes halogenated alkanes) is 41. The van der Waals surface area contributed by atoms with Crippen LogP contribution in [0.2, 0.25) is 0 Å². The van der Waals surface area contributed by atoms with Crippen molar-refractivity contribution in [2.24, 2.45) is 0 Å². The monoisotopic (exact) mass is 1050 g/mol. The average Bonchev–Trinajstić information content (AvgIpc) is 3.37. The first kappa shape index (κ1) is 71.8. The number of carbonyl (C=O) groups is 3. The summed E-state index contributed by atoms with van der Waals surface area (Å²) in [7, 11) is 5.97. The molecule has 436 valence electrons. The van der Waals surface area contributed by atoms with E-state index in [9.17, 15) is 19.5 Å². The third-order valence-electron chi connectivity index (χ3n) is 14.5. The van der Waals surface area contributed by atoms with E-state index < -0.39 is 24.3 Å². The molecule has 9 heteroatoms. The molecule has 2 atom stereocenters.